The number of halogens is 1. The lowest BCUT2D eigenvalue weighted by molar-refractivity contribution is -0.110. The number of aromatic hydroxyl groups is 1. The Morgan fingerprint density at radius 2 is 1.90 bits per heavy atom. The average Bonchev–Trinajstić information content (AvgIpc) is 3.17. The van der Waals surface area contributed by atoms with Gasteiger partial charge in [0.15, 0.2) is 0 Å². The first-order valence-corrected chi connectivity index (χ1v) is 10.2. The van der Waals surface area contributed by atoms with E-state index in [0.29, 0.717) is 39.1 Å². The van der Waals surface area contributed by atoms with Gasteiger partial charge in [0.05, 0.1) is 10.1 Å². The smallest absolute Gasteiger partial charge is 0.269 e. The third-order valence-corrected chi connectivity index (χ3v) is 5.94. The van der Waals surface area contributed by atoms with Gasteiger partial charge in [0, 0.05) is 24.3 Å². The van der Waals surface area contributed by atoms with Gasteiger partial charge in [0.25, 0.3) is 11.5 Å². The molecule has 2 aromatic carbocycles. The molecular formula is C22H20FN3O3S. The van der Waals surface area contributed by atoms with Crippen LogP contribution < -0.4 is 20.1 Å². The number of fused-ring (bicyclic) bond motifs is 1. The summed E-state index contributed by atoms with van der Waals surface area (Å²) < 4.78 is 16.4. The van der Waals surface area contributed by atoms with Crippen molar-refractivity contribution in [3.63, 3.8) is 0 Å². The number of carbonyl (C=O) groups is 1. The molecular weight excluding hydrogens is 405 g/mol. The van der Waals surface area contributed by atoms with Crippen molar-refractivity contribution in [1.82, 2.24) is 9.47 Å². The third-order valence-electron chi connectivity index (χ3n) is 4.81. The zero-order valence-electron chi connectivity index (χ0n) is 16.5. The fraction of sp³-hybridized carbons (Fsp3) is 0.182. The van der Waals surface area contributed by atoms with Crippen molar-refractivity contribution in [2.45, 2.75) is 6.54 Å². The summed E-state index contributed by atoms with van der Waals surface area (Å²) in [6.07, 6.45) is 1.72. The Morgan fingerprint density at radius 1 is 1.17 bits per heavy atom. The highest BCUT2D eigenvalue weighted by atomic mass is 32.1. The Kier molecular flexibility index (Phi) is 5.27. The minimum atomic E-state index is -0.447. The van der Waals surface area contributed by atoms with E-state index in [1.807, 2.05) is 19.0 Å². The molecule has 0 unspecified atom stereocenters. The first-order valence-electron chi connectivity index (χ1n) is 9.34. The Morgan fingerprint density at radius 3 is 2.60 bits per heavy atom. The molecule has 0 atom stereocenters. The fourth-order valence-corrected chi connectivity index (χ4v) is 4.47. The highest BCUT2D eigenvalue weighted by Crippen LogP contribution is 2.30. The second-order valence-electron chi connectivity index (χ2n) is 7.29. The van der Waals surface area contributed by atoms with E-state index in [2.05, 4.69) is 5.32 Å². The molecule has 0 radical (unpaired) electrons. The van der Waals surface area contributed by atoms with Crippen LogP contribution in [-0.2, 0) is 11.3 Å². The molecule has 2 N–H and O–H groups in total. The largest absolute Gasteiger partial charge is 0.508 e. The van der Waals surface area contributed by atoms with Crippen LogP contribution in [0.5, 0.6) is 5.75 Å². The summed E-state index contributed by atoms with van der Waals surface area (Å²) in [7, 11) is 3.81. The standard InChI is InChI=1S/C22H20FN3O3S/c1-25(2)9-10-26-21(29)18(11-13-3-6-15(27)7-4-13)30-22(26)19-16-12-14(23)5-8-17(16)24-20(19)28/h3-8,11-12,27H,9-10H2,1-2H3,(H,24,28)/b18-11+,22-19+. The normalized spacial score (nSPS) is 15.6. The van der Waals surface area contributed by atoms with E-state index in [9.17, 15) is 19.1 Å². The predicted molar refractivity (Wildman–Crippen MR) is 116 cm³/mol. The molecule has 2 heterocycles. The lowest BCUT2D eigenvalue weighted by Gasteiger charge is -2.10. The molecule has 3 aromatic rings. The molecule has 4 rings (SSSR count). The monoisotopic (exact) mass is 425 g/mol. The number of benzene rings is 2. The molecule has 0 saturated carbocycles. The zero-order chi connectivity index (χ0) is 21.4. The number of rotatable bonds is 4. The van der Waals surface area contributed by atoms with Crippen LogP contribution in [0.15, 0.2) is 47.3 Å². The maximum atomic E-state index is 13.9. The number of thiazole rings is 1. The van der Waals surface area contributed by atoms with Gasteiger partial charge in [-0.2, -0.15) is 0 Å². The molecule has 0 saturated heterocycles. The maximum Gasteiger partial charge on any atom is 0.269 e. The van der Waals surface area contributed by atoms with Crippen LogP contribution in [0.3, 0.4) is 0 Å². The number of likely N-dealkylation sites (N-methyl/N-ethyl adjacent to an activating group) is 1. The van der Waals surface area contributed by atoms with E-state index in [1.54, 1.807) is 34.9 Å². The summed E-state index contributed by atoms with van der Waals surface area (Å²) in [5.74, 6) is -0.664. The molecule has 6 nitrogen and oxygen atoms in total. The fourth-order valence-electron chi connectivity index (χ4n) is 3.28. The Labute approximate surface area is 175 Å². The highest BCUT2D eigenvalue weighted by molar-refractivity contribution is 7.07. The van der Waals surface area contributed by atoms with Gasteiger partial charge >= 0.3 is 0 Å². The van der Waals surface area contributed by atoms with E-state index < -0.39 is 5.82 Å². The number of phenolic OH excluding ortho intramolecular Hbond substituents is 1. The summed E-state index contributed by atoms with van der Waals surface area (Å²) in [5.41, 5.74) is 1.83. The van der Waals surface area contributed by atoms with E-state index in [0.717, 1.165) is 5.56 Å². The van der Waals surface area contributed by atoms with Crippen LogP contribution >= 0.6 is 11.3 Å². The Hall–Kier alpha value is -3.23. The number of nitrogens with one attached hydrogen (secondary N) is 1. The van der Waals surface area contributed by atoms with E-state index in [-0.39, 0.29) is 17.2 Å². The molecule has 1 aromatic heterocycles. The summed E-state index contributed by atoms with van der Waals surface area (Å²) in [6, 6.07) is 10.6. The molecule has 1 aliphatic heterocycles. The van der Waals surface area contributed by atoms with Gasteiger partial charge < -0.3 is 15.3 Å². The maximum absolute atomic E-state index is 13.9. The van der Waals surface area contributed by atoms with Crippen LogP contribution in [0.4, 0.5) is 10.1 Å². The van der Waals surface area contributed by atoms with Gasteiger partial charge in [-0.25, -0.2) is 4.39 Å². The number of hydrogen-bond donors (Lipinski definition) is 2. The summed E-state index contributed by atoms with van der Waals surface area (Å²) in [6.45, 7) is 0.996. The van der Waals surface area contributed by atoms with Crippen LogP contribution in [0.25, 0.3) is 11.6 Å². The van der Waals surface area contributed by atoms with Gasteiger partial charge in [-0.3, -0.25) is 14.2 Å². The van der Waals surface area contributed by atoms with Crippen molar-refractivity contribution < 1.29 is 14.3 Å². The molecule has 154 valence electrons. The summed E-state index contributed by atoms with van der Waals surface area (Å²) in [4.78, 5) is 27.8. The highest BCUT2D eigenvalue weighted by Gasteiger charge is 2.27. The minimum Gasteiger partial charge on any atom is -0.508 e. The lowest BCUT2D eigenvalue weighted by Crippen LogP contribution is -2.36. The second kappa shape index (κ2) is 7.89. The number of anilines is 1. The second-order valence-corrected chi connectivity index (χ2v) is 8.32. The van der Waals surface area contributed by atoms with Gasteiger partial charge in [-0.05, 0) is 56.1 Å². The number of hydrogen-bond acceptors (Lipinski definition) is 5. The van der Waals surface area contributed by atoms with Crippen molar-refractivity contribution in [3.05, 3.63) is 79.0 Å². The number of phenols is 1. The molecule has 0 aliphatic carbocycles. The summed E-state index contributed by atoms with van der Waals surface area (Å²) in [5, 5.41) is 12.2. The molecule has 1 aliphatic rings. The number of nitrogens with zero attached hydrogens (tertiary/aromatic N) is 2. The first kappa shape index (κ1) is 20.1. The van der Waals surface area contributed by atoms with Crippen LogP contribution in [0.1, 0.15) is 11.1 Å². The molecule has 0 spiro atoms. The van der Waals surface area contributed by atoms with Crippen molar-refractivity contribution in [2.24, 2.45) is 0 Å². The Balaban J connectivity index is 1.99. The number of carbonyl (C=O) groups excluding carboxylic acids is 1. The zero-order valence-corrected chi connectivity index (χ0v) is 17.3. The number of aromatic nitrogens is 1. The van der Waals surface area contributed by atoms with Crippen molar-refractivity contribution in [3.8, 4) is 5.75 Å². The van der Waals surface area contributed by atoms with Crippen LogP contribution in [0, 0.1) is 5.82 Å². The Bertz CT molecular complexity index is 1310. The van der Waals surface area contributed by atoms with Gasteiger partial charge in [0.1, 0.15) is 16.2 Å². The first-order chi connectivity index (χ1) is 14.3. The van der Waals surface area contributed by atoms with E-state index in [1.165, 1.54) is 29.5 Å². The van der Waals surface area contributed by atoms with Crippen LogP contribution in [0.2, 0.25) is 0 Å². The molecule has 30 heavy (non-hydrogen) atoms. The minimum absolute atomic E-state index is 0.138. The van der Waals surface area contributed by atoms with Crippen molar-refractivity contribution in [2.75, 3.05) is 26.0 Å². The van der Waals surface area contributed by atoms with E-state index in [4.69, 9.17) is 0 Å². The molecule has 8 heteroatoms. The average molecular weight is 425 g/mol. The quantitative estimate of drug-likeness (QED) is 0.661. The lowest BCUT2D eigenvalue weighted by atomic mass is 10.1. The van der Waals surface area contributed by atoms with E-state index >= 15 is 0 Å². The van der Waals surface area contributed by atoms with Gasteiger partial charge in [-0.15, -0.1) is 11.3 Å². The van der Waals surface area contributed by atoms with Crippen LogP contribution in [-0.4, -0.2) is 41.1 Å². The number of amides is 1. The summed E-state index contributed by atoms with van der Waals surface area (Å²) >= 11 is 1.20. The molecule has 1 amide bonds. The molecule has 0 bridgehead atoms. The SMILES string of the molecule is CN(C)CCn1c(=O)/c(=C\c2ccc(O)cc2)s/c1=C1/C(=O)Nc2ccc(F)cc21. The third kappa shape index (κ3) is 3.79. The van der Waals surface area contributed by atoms with Crippen molar-refractivity contribution in [1.29, 1.82) is 0 Å². The van der Waals surface area contributed by atoms with Gasteiger partial charge in [-0.1, -0.05) is 12.1 Å². The topological polar surface area (TPSA) is 74.6 Å². The predicted octanol–water partition coefficient (Wildman–Crippen LogP) is 1.30. The van der Waals surface area contributed by atoms with Gasteiger partial charge in [0.2, 0.25) is 0 Å². The molecule has 0 fully saturated rings. The van der Waals surface area contributed by atoms with Crippen molar-refractivity contribution >= 4 is 34.6 Å².